The van der Waals surface area contributed by atoms with Crippen LogP contribution in [0.1, 0.15) is 51.0 Å². The molecule has 21 heavy (non-hydrogen) atoms. The zero-order valence-electron chi connectivity index (χ0n) is 13.4. The van der Waals surface area contributed by atoms with E-state index in [0.717, 1.165) is 38.3 Å². The van der Waals surface area contributed by atoms with Crippen molar-refractivity contribution in [3.05, 3.63) is 41.5 Å². The van der Waals surface area contributed by atoms with Crippen LogP contribution in [-0.2, 0) is 6.42 Å². The van der Waals surface area contributed by atoms with Crippen molar-refractivity contribution in [1.82, 2.24) is 5.32 Å². The molecule has 0 spiro atoms. The summed E-state index contributed by atoms with van der Waals surface area (Å²) in [6.45, 7) is 5.11. The van der Waals surface area contributed by atoms with Gasteiger partial charge in [0.25, 0.3) is 0 Å². The number of allylic oxidation sites excluding steroid dienone is 1. The van der Waals surface area contributed by atoms with E-state index in [1.807, 2.05) is 0 Å². The fraction of sp³-hybridized carbons (Fsp3) is 0.579. The van der Waals surface area contributed by atoms with Crippen LogP contribution in [0, 0.1) is 0 Å². The molecule has 116 valence electrons. The van der Waals surface area contributed by atoms with Gasteiger partial charge in [-0.05, 0) is 75.7 Å². The van der Waals surface area contributed by atoms with Crippen molar-refractivity contribution in [3.63, 3.8) is 0 Å². The van der Waals surface area contributed by atoms with Crippen molar-refractivity contribution in [3.8, 4) is 5.75 Å². The normalized spacial score (nSPS) is 14.8. The Kier molecular flexibility index (Phi) is 7.37. The molecule has 1 N–H and O–H groups in total. The van der Waals surface area contributed by atoms with Gasteiger partial charge in [0.1, 0.15) is 5.75 Å². The van der Waals surface area contributed by atoms with Crippen molar-refractivity contribution >= 4 is 0 Å². The molecule has 0 saturated heterocycles. The first kappa shape index (κ1) is 16.1. The molecule has 0 aromatic heterocycles. The number of rotatable bonds is 9. The smallest absolute Gasteiger partial charge is 0.119 e. The van der Waals surface area contributed by atoms with Gasteiger partial charge in [-0.1, -0.05) is 30.7 Å². The Morgan fingerprint density at radius 2 is 1.95 bits per heavy atom. The maximum absolute atomic E-state index is 5.75. The summed E-state index contributed by atoms with van der Waals surface area (Å²) in [7, 11) is 0. The average molecular weight is 287 g/mol. The molecule has 2 nitrogen and oxygen atoms in total. The van der Waals surface area contributed by atoms with Gasteiger partial charge in [-0.2, -0.15) is 0 Å². The molecule has 1 aliphatic rings. The van der Waals surface area contributed by atoms with E-state index in [2.05, 4.69) is 42.6 Å². The summed E-state index contributed by atoms with van der Waals surface area (Å²) < 4.78 is 5.75. The van der Waals surface area contributed by atoms with Crippen LogP contribution in [0.4, 0.5) is 0 Å². The van der Waals surface area contributed by atoms with Crippen LogP contribution in [0.3, 0.4) is 0 Å². The second-order valence-electron chi connectivity index (χ2n) is 5.81. The minimum absolute atomic E-state index is 0.793. The van der Waals surface area contributed by atoms with Gasteiger partial charge >= 0.3 is 0 Å². The first-order chi connectivity index (χ1) is 10.4. The average Bonchev–Trinajstić information content (AvgIpc) is 2.55. The number of hydrogen-bond acceptors (Lipinski definition) is 2. The van der Waals surface area contributed by atoms with Crippen LogP contribution in [-0.4, -0.2) is 19.7 Å². The molecule has 0 unspecified atom stereocenters. The standard InChI is InChI=1S/C19H29NO/c1-2-17-9-11-19(12-10-17)21-16-6-14-20-15-13-18-7-4-3-5-8-18/h7,9-12,20H,2-6,8,13-16H2,1H3. The molecular weight excluding hydrogens is 258 g/mol. The lowest BCUT2D eigenvalue weighted by Gasteiger charge is -2.13. The maximum atomic E-state index is 5.75. The van der Waals surface area contributed by atoms with Crippen LogP contribution < -0.4 is 10.1 Å². The highest BCUT2D eigenvalue weighted by Gasteiger charge is 2.02. The predicted octanol–water partition coefficient (Wildman–Crippen LogP) is 4.50. The minimum Gasteiger partial charge on any atom is -0.494 e. The monoisotopic (exact) mass is 287 g/mol. The van der Waals surface area contributed by atoms with Gasteiger partial charge in [0.2, 0.25) is 0 Å². The zero-order valence-corrected chi connectivity index (χ0v) is 13.4. The number of benzene rings is 1. The number of aryl methyl sites for hydroxylation is 1. The molecule has 0 fully saturated rings. The van der Waals surface area contributed by atoms with Crippen LogP contribution in [0.5, 0.6) is 5.75 Å². The first-order valence-electron chi connectivity index (χ1n) is 8.49. The van der Waals surface area contributed by atoms with Crippen molar-refractivity contribution in [1.29, 1.82) is 0 Å². The van der Waals surface area contributed by atoms with E-state index in [4.69, 9.17) is 4.74 Å². The molecule has 2 heteroatoms. The van der Waals surface area contributed by atoms with Crippen molar-refractivity contribution in [2.45, 2.75) is 51.9 Å². The predicted molar refractivity (Wildman–Crippen MR) is 90.0 cm³/mol. The van der Waals surface area contributed by atoms with Crippen molar-refractivity contribution in [2.75, 3.05) is 19.7 Å². The molecule has 1 aromatic carbocycles. The molecule has 0 saturated carbocycles. The Bertz CT molecular complexity index is 422. The second kappa shape index (κ2) is 9.62. The number of ether oxygens (including phenoxy) is 1. The number of nitrogens with one attached hydrogen (secondary N) is 1. The Morgan fingerprint density at radius 3 is 2.67 bits per heavy atom. The molecule has 2 rings (SSSR count). The van der Waals surface area contributed by atoms with Gasteiger partial charge in [-0.3, -0.25) is 0 Å². The topological polar surface area (TPSA) is 21.3 Å². The van der Waals surface area contributed by atoms with Gasteiger partial charge in [0, 0.05) is 0 Å². The molecule has 0 bridgehead atoms. The van der Waals surface area contributed by atoms with E-state index in [9.17, 15) is 0 Å². The first-order valence-corrected chi connectivity index (χ1v) is 8.49. The third-order valence-electron chi connectivity index (χ3n) is 4.11. The van der Waals surface area contributed by atoms with Gasteiger partial charge < -0.3 is 10.1 Å². The molecule has 0 atom stereocenters. The lowest BCUT2D eigenvalue weighted by Crippen LogP contribution is -2.19. The SMILES string of the molecule is CCc1ccc(OCCCNCCC2=CCCCC2)cc1. The summed E-state index contributed by atoms with van der Waals surface area (Å²) in [6.07, 6.45) is 11.2. The Labute approximate surface area is 129 Å². The van der Waals surface area contributed by atoms with E-state index >= 15 is 0 Å². The summed E-state index contributed by atoms with van der Waals surface area (Å²) in [5.74, 6) is 0.986. The molecular formula is C19H29NO. The molecule has 0 amide bonds. The Morgan fingerprint density at radius 1 is 1.10 bits per heavy atom. The van der Waals surface area contributed by atoms with E-state index in [1.54, 1.807) is 5.57 Å². The highest BCUT2D eigenvalue weighted by atomic mass is 16.5. The highest BCUT2D eigenvalue weighted by molar-refractivity contribution is 5.27. The quantitative estimate of drug-likeness (QED) is 0.533. The van der Waals surface area contributed by atoms with Gasteiger partial charge in [-0.25, -0.2) is 0 Å². The van der Waals surface area contributed by atoms with Crippen LogP contribution >= 0.6 is 0 Å². The van der Waals surface area contributed by atoms with E-state index in [1.165, 1.54) is 37.7 Å². The summed E-state index contributed by atoms with van der Waals surface area (Å²) in [5, 5.41) is 3.52. The zero-order chi connectivity index (χ0) is 14.8. The molecule has 0 radical (unpaired) electrons. The third kappa shape index (κ3) is 6.34. The Balaban J connectivity index is 1.48. The van der Waals surface area contributed by atoms with Crippen LogP contribution in [0.2, 0.25) is 0 Å². The highest BCUT2D eigenvalue weighted by Crippen LogP contribution is 2.19. The third-order valence-corrected chi connectivity index (χ3v) is 4.11. The van der Waals surface area contributed by atoms with E-state index in [-0.39, 0.29) is 0 Å². The lowest BCUT2D eigenvalue weighted by molar-refractivity contribution is 0.308. The van der Waals surface area contributed by atoms with E-state index < -0.39 is 0 Å². The Hall–Kier alpha value is -1.28. The summed E-state index contributed by atoms with van der Waals surface area (Å²) in [4.78, 5) is 0. The van der Waals surface area contributed by atoms with E-state index in [0.29, 0.717) is 0 Å². The van der Waals surface area contributed by atoms with Gasteiger partial charge in [0.15, 0.2) is 0 Å². The van der Waals surface area contributed by atoms with Crippen LogP contribution in [0.25, 0.3) is 0 Å². The van der Waals surface area contributed by atoms with Crippen molar-refractivity contribution < 1.29 is 4.74 Å². The molecule has 1 aromatic rings. The minimum atomic E-state index is 0.793. The van der Waals surface area contributed by atoms with Gasteiger partial charge in [0.05, 0.1) is 6.61 Å². The molecule has 1 aliphatic carbocycles. The molecule has 0 heterocycles. The maximum Gasteiger partial charge on any atom is 0.119 e. The lowest BCUT2D eigenvalue weighted by atomic mass is 9.97. The second-order valence-corrected chi connectivity index (χ2v) is 5.81. The van der Waals surface area contributed by atoms with Crippen LogP contribution in [0.15, 0.2) is 35.9 Å². The molecule has 0 aliphatic heterocycles. The fourth-order valence-electron chi connectivity index (χ4n) is 2.71. The fourth-order valence-corrected chi connectivity index (χ4v) is 2.71. The summed E-state index contributed by atoms with van der Waals surface area (Å²) in [6, 6.07) is 8.43. The largest absolute Gasteiger partial charge is 0.494 e. The summed E-state index contributed by atoms with van der Waals surface area (Å²) >= 11 is 0. The summed E-state index contributed by atoms with van der Waals surface area (Å²) in [5.41, 5.74) is 3.02. The van der Waals surface area contributed by atoms with Gasteiger partial charge in [-0.15, -0.1) is 0 Å². The number of hydrogen-bond donors (Lipinski definition) is 1. The van der Waals surface area contributed by atoms with Crippen molar-refractivity contribution in [2.24, 2.45) is 0 Å².